The van der Waals surface area contributed by atoms with Gasteiger partial charge >= 0.3 is 5.97 Å². The second-order valence-electron chi connectivity index (χ2n) is 10.3. The predicted molar refractivity (Wildman–Crippen MR) is 111 cm³/mol. The van der Waals surface area contributed by atoms with Gasteiger partial charge in [-0.1, -0.05) is 30.3 Å². The first-order valence-electron chi connectivity index (χ1n) is 11.5. The normalized spacial score (nSPS) is 35.5. The first-order chi connectivity index (χ1) is 14.4. The fourth-order valence-electron chi connectivity index (χ4n) is 7.04. The van der Waals surface area contributed by atoms with Gasteiger partial charge in [0.25, 0.3) is 0 Å². The number of carbonyl (C=O) groups is 3. The van der Waals surface area contributed by atoms with E-state index in [-0.39, 0.29) is 36.2 Å². The minimum absolute atomic E-state index is 0.0271. The zero-order valence-electron chi connectivity index (χ0n) is 17.7. The topological polar surface area (TPSA) is 63.7 Å². The van der Waals surface area contributed by atoms with Crippen LogP contribution in [0.4, 0.5) is 0 Å². The number of benzene rings is 1. The van der Waals surface area contributed by atoms with Crippen molar-refractivity contribution in [2.75, 3.05) is 13.2 Å². The van der Waals surface area contributed by atoms with Crippen LogP contribution < -0.4 is 0 Å². The number of ketones is 1. The van der Waals surface area contributed by atoms with Crippen LogP contribution >= 0.6 is 0 Å². The lowest BCUT2D eigenvalue weighted by atomic mass is 9.48. The van der Waals surface area contributed by atoms with Gasteiger partial charge in [-0.2, -0.15) is 0 Å². The summed E-state index contributed by atoms with van der Waals surface area (Å²) in [4.78, 5) is 40.0. The molecule has 4 aliphatic carbocycles. The molecule has 1 aromatic carbocycles. The van der Waals surface area contributed by atoms with Crippen LogP contribution in [0.25, 0.3) is 0 Å². The number of ether oxygens (including phenoxy) is 1. The number of rotatable bonds is 6. The summed E-state index contributed by atoms with van der Waals surface area (Å²) in [6.07, 6.45) is 6.98. The summed E-state index contributed by atoms with van der Waals surface area (Å²) in [6, 6.07) is 9.76. The molecule has 1 heterocycles. The number of amides is 1. The number of nitrogens with zero attached hydrogens (tertiary/aromatic N) is 1. The lowest BCUT2D eigenvalue weighted by Crippen LogP contribution is -2.51. The van der Waals surface area contributed by atoms with Crippen LogP contribution in [0.1, 0.15) is 63.5 Å². The molecule has 4 saturated carbocycles. The summed E-state index contributed by atoms with van der Waals surface area (Å²) >= 11 is 0. The molecule has 1 aromatic rings. The van der Waals surface area contributed by atoms with E-state index < -0.39 is 11.9 Å². The molecular weight excluding hydrogens is 378 g/mol. The maximum absolute atomic E-state index is 13.1. The van der Waals surface area contributed by atoms with E-state index in [1.165, 1.54) is 19.3 Å². The molecule has 0 radical (unpaired) electrons. The Labute approximate surface area is 178 Å². The fraction of sp³-hybridized carbons (Fsp3) is 0.640. The summed E-state index contributed by atoms with van der Waals surface area (Å²) in [5.74, 6) is 1.29. The zero-order valence-corrected chi connectivity index (χ0v) is 17.7. The molecule has 1 amide bonds. The van der Waals surface area contributed by atoms with E-state index >= 15 is 0 Å². The largest absolute Gasteiger partial charge is 0.457 e. The lowest BCUT2D eigenvalue weighted by Gasteiger charge is -2.55. The number of hydrogen-bond donors (Lipinski definition) is 0. The number of hydrogen-bond acceptors (Lipinski definition) is 4. The number of esters is 1. The van der Waals surface area contributed by atoms with Gasteiger partial charge in [-0.3, -0.25) is 14.4 Å². The number of likely N-dealkylation sites (tertiary alicyclic amines) is 1. The molecule has 5 nitrogen and oxygen atoms in total. The second kappa shape index (κ2) is 7.51. The van der Waals surface area contributed by atoms with E-state index in [4.69, 9.17) is 4.74 Å². The monoisotopic (exact) mass is 409 g/mol. The van der Waals surface area contributed by atoms with Crippen molar-refractivity contribution in [3.05, 3.63) is 35.9 Å². The van der Waals surface area contributed by atoms with E-state index in [9.17, 15) is 14.4 Å². The Morgan fingerprint density at radius 2 is 1.67 bits per heavy atom. The highest BCUT2D eigenvalue weighted by Gasteiger charge is 2.54. The fourth-order valence-corrected chi connectivity index (χ4v) is 7.04. The Bertz CT molecular complexity index is 813. The average molecular weight is 410 g/mol. The number of carbonyl (C=O) groups excluding carboxylic acids is 3. The van der Waals surface area contributed by atoms with E-state index in [0.717, 1.165) is 24.8 Å². The van der Waals surface area contributed by atoms with Crippen LogP contribution in [-0.2, 0) is 19.1 Å². The number of Topliss-reactive ketones (excluding diaryl/α,β-unsaturated/α-hetero) is 1. The third kappa shape index (κ3) is 3.46. The molecule has 5 aliphatic rings. The quantitative estimate of drug-likeness (QED) is 0.668. The molecule has 0 N–H and O–H groups in total. The van der Waals surface area contributed by atoms with E-state index in [1.807, 2.05) is 37.3 Å². The van der Waals surface area contributed by atoms with Crippen LogP contribution in [0, 0.1) is 29.1 Å². The smallest absolute Gasteiger partial charge is 0.311 e. The SMILES string of the molecule is C[C@@H](c1ccccc1)N1C[C@@H](C(=O)OCC(=O)C23CC4CC(CC(C4)C2)C3)CC1=O. The summed E-state index contributed by atoms with van der Waals surface area (Å²) in [5, 5.41) is 0. The Hall–Kier alpha value is -2.17. The molecular formula is C25H31NO4. The van der Waals surface area contributed by atoms with Crippen LogP contribution in [0.5, 0.6) is 0 Å². The van der Waals surface area contributed by atoms with Crippen molar-refractivity contribution in [1.82, 2.24) is 4.90 Å². The van der Waals surface area contributed by atoms with Crippen molar-refractivity contribution in [3.8, 4) is 0 Å². The summed E-state index contributed by atoms with van der Waals surface area (Å²) in [6.45, 7) is 2.22. The molecule has 5 fully saturated rings. The van der Waals surface area contributed by atoms with Gasteiger partial charge in [-0.25, -0.2) is 0 Å². The maximum atomic E-state index is 13.1. The standard InChI is InChI=1S/C25H31NO4/c1-16(20-5-3-2-4-6-20)26-14-21(10-23(26)28)24(29)30-15-22(27)25-11-17-7-18(12-25)9-19(8-17)13-25/h2-6,16-19,21H,7-15H2,1H3/t16-,17?,18?,19?,21-,25?/m0/s1. The Morgan fingerprint density at radius 1 is 1.07 bits per heavy atom. The molecule has 2 atom stereocenters. The van der Waals surface area contributed by atoms with Crippen LogP contribution in [0.3, 0.4) is 0 Å². The van der Waals surface area contributed by atoms with Gasteiger partial charge in [0.15, 0.2) is 12.4 Å². The van der Waals surface area contributed by atoms with Gasteiger partial charge in [0, 0.05) is 18.4 Å². The molecule has 30 heavy (non-hydrogen) atoms. The Balaban J connectivity index is 1.17. The molecule has 5 heteroatoms. The van der Waals surface area contributed by atoms with E-state index in [2.05, 4.69) is 0 Å². The summed E-state index contributed by atoms with van der Waals surface area (Å²) < 4.78 is 5.49. The molecule has 6 rings (SSSR count). The molecule has 0 unspecified atom stereocenters. The van der Waals surface area contributed by atoms with Crippen molar-refractivity contribution in [3.63, 3.8) is 0 Å². The highest BCUT2D eigenvalue weighted by Crippen LogP contribution is 2.60. The van der Waals surface area contributed by atoms with Crippen molar-refractivity contribution < 1.29 is 19.1 Å². The highest BCUT2D eigenvalue weighted by molar-refractivity contribution is 5.90. The van der Waals surface area contributed by atoms with Crippen molar-refractivity contribution in [2.24, 2.45) is 29.1 Å². The van der Waals surface area contributed by atoms with Gasteiger partial charge in [-0.05, 0) is 68.8 Å². The van der Waals surface area contributed by atoms with Crippen LogP contribution in [0.15, 0.2) is 30.3 Å². The molecule has 1 aliphatic heterocycles. The van der Waals surface area contributed by atoms with Gasteiger partial charge in [0.1, 0.15) is 0 Å². The maximum Gasteiger partial charge on any atom is 0.311 e. The average Bonchev–Trinajstić information content (AvgIpc) is 3.12. The van der Waals surface area contributed by atoms with Crippen LogP contribution in [-0.4, -0.2) is 35.7 Å². The molecule has 0 aromatic heterocycles. The Morgan fingerprint density at radius 3 is 2.27 bits per heavy atom. The van der Waals surface area contributed by atoms with Gasteiger partial charge in [-0.15, -0.1) is 0 Å². The highest BCUT2D eigenvalue weighted by atomic mass is 16.5. The van der Waals surface area contributed by atoms with Crippen molar-refractivity contribution >= 4 is 17.7 Å². The predicted octanol–water partition coefficient (Wildman–Crippen LogP) is 3.92. The molecule has 1 saturated heterocycles. The summed E-state index contributed by atoms with van der Waals surface area (Å²) in [5.41, 5.74) is 0.811. The minimum Gasteiger partial charge on any atom is -0.457 e. The van der Waals surface area contributed by atoms with Crippen LogP contribution in [0.2, 0.25) is 0 Å². The zero-order chi connectivity index (χ0) is 20.9. The first-order valence-corrected chi connectivity index (χ1v) is 11.5. The van der Waals surface area contributed by atoms with E-state index in [1.54, 1.807) is 4.90 Å². The third-order valence-electron chi connectivity index (χ3n) is 8.22. The second-order valence-corrected chi connectivity index (χ2v) is 10.3. The van der Waals surface area contributed by atoms with E-state index in [0.29, 0.717) is 24.3 Å². The lowest BCUT2D eigenvalue weighted by molar-refractivity contribution is -0.160. The Kier molecular flexibility index (Phi) is 4.95. The molecule has 0 spiro atoms. The van der Waals surface area contributed by atoms with Crippen molar-refractivity contribution in [2.45, 2.75) is 57.9 Å². The van der Waals surface area contributed by atoms with Gasteiger partial charge in [0.05, 0.1) is 12.0 Å². The van der Waals surface area contributed by atoms with Crippen molar-refractivity contribution in [1.29, 1.82) is 0 Å². The van der Waals surface area contributed by atoms with Gasteiger partial charge in [0.2, 0.25) is 5.91 Å². The molecule has 4 bridgehead atoms. The molecule has 160 valence electrons. The summed E-state index contributed by atoms with van der Waals surface area (Å²) in [7, 11) is 0. The first kappa shape index (κ1) is 19.8. The third-order valence-corrected chi connectivity index (χ3v) is 8.22. The van der Waals surface area contributed by atoms with Gasteiger partial charge < -0.3 is 9.64 Å². The minimum atomic E-state index is -0.479.